The summed E-state index contributed by atoms with van der Waals surface area (Å²) in [5, 5.41) is 8.36. The molecule has 0 saturated carbocycles. The summed E-state index contributed by atoms with van der Waals surface area (Å²) < 4.78 is 3.03. The van der Waals surface area contributed by atoms with E-state index in [0.29, 0.717) is 18.1 Å². The lowest BCUT2D eigenvalue weighted by Crippen LogP contribution is -2.29. The van der Waals surface area contributed by atoms with Gasteiger partial charge in [-0.15, -0.1) is 9.50 Å². The molecule has 1 fully saturated rings. The van der Waals surface area contributed by atoms with Gasteiger partial charge in [-0.2, -0.15) is 4.68 Å². The molecule has 5 aromatic rings. The Hall–Kier alpha value is -4.30. The molecular weight excluding hydrogens is 486 g/mol. The number of nitrogen functional groups attached to an aromatic ring is 1. The number of aromatic amines is 1. The van der Waals surface area contributed by atoms with Crippen LogP contribution in [0.1, 0.15) is 35.4 Å². The van der Waals surface area contributed by atoms with E-state index in [2.05, 4.69) is 33.5 Å². The van der Waals surface area contributed by atoms with Crippen molar-refractivity contribution in [1.29, 1.82) is 0 Å². The highest BCUT2D eigenvalue weighted by atomic mass is 16.2. The molecule has 4 heterocycles. The Bertz CT molecular complexity index is 1680. The monoisotopic (exact) mass is 520 g/mol. The number of H-pyrrole nitrogens is 1. The van der Waals surface area contributed by atoms with E-state index in [9.17, 15) is 4.79 Å². The summed E-state index contributed by atoms with van der Waals surface area (Å²) in [6, 6.07) is 22.5. The molecule has 0 bridgehead atoms. The molecular formula is C31H34N7O+. The molecule has 0 atom stereocenters. The lowest BCUT2D eigenvalue weighted by atomic mass is 9.89. The normalized spacial score (nSPS) is 14.2. The second kappa shape index (κ2) is 10.5. The SMILES string of the molecule is Cc1cc(-c2c(-c3ccccc3)[nH+]c(N)n3c(=O)n(Cc4ccccc4CC4CCNCC4)nc23)cc(C)n1. The predicted octanol–water partition coefficient (Wildman–Crippen LogP) is 3.83. The number of aryl methyl sites for hydroxylation is 2. The number of nitrogens with zero attached hydrogens (tertiary/aromatic N) is 4. The summed E-state index contributed by atoms with van der Waals surface area (Å²) in [7, 11) is 0. The number of rotatable bonds is 6. The second-order valence-electron chi connectivity index (χ2n) is 10.5. The first kappa shape index (κ1) is 25.0. The van der Waals surface area contributed by atoms with Gasteiger partial charge in [-0.1, -0.05) is 54.6 Å². The standard InChI is InChI=1S/C31H33N7O/c1-20-16-26(17-21(2)34-20)27-28(23-8-4-3-5-9-23)35-30(32)38-29(27)36-37(31(38)39)19-25-11-7-6-10-24(25)18-22-12-14-33-15-13-22/h3-11,16-17,22,33H,12-15,18-19H2,1-2H3,(H2,32,35)/p+1. The van der Waals surface area contributed by atoms with Crippen LogP contribution in [0.25, 0.3) is 28.0 Å². The van der Waals surface area contributed by atoms with E-state index in [1.54, 1.807) is 4.68 Å². The van der Waals surface area contributed by atoms with Crippen molar-refractivity contribution in [3.05, 3.63) is 99.7 Å². The van der Waals surface area contributed by atoms with Gasteiger partial charge in [0.1, 0.15) is 5.69 Å². The predicted molar refractivity (Wildman–Crippen MR) is 153 cm³/mol. The lowest BCUT2D eigenvalue weighted by molar-refractivity contribution is -0.351. The van der Waals surface area contributed by atoms with Crippen molar-refractivity contribution in [3.8, 4) is 22.4 Å². The molecule has 8 heteroatoms. The number of piperidine rings is 1. The van der Waals surface area contributed by atoms with Crippen molar-refractivity contribution in [2.75, 3.05) is 18.8 Å². The van der Waals surface area contributed by atoms with E-state index in [0.717, 1.165) is 58.8 Å². The molecule has 1 aliphatic rings. The Morgan fingerprint density at radius 3 is 2.33 bits per heavy atom. The Morgan fingerprint density at radius 2 is 1.62 bits per heavy atom. The third-order valence-electron chi connectivity index (χ3n) is 7.65. The van der Waals surface area contributed by atoms with Crippen molar-refractivity contribution in [3.63, 3.8) is 0 Å². The molecule has 2 aromatic carbocycles. The Kier molecular flexibility index (Phi) is 6.70. The topological polar surface area (TPSA) is 104 Å². The molecule has 0 aliphatic carbocycles. The maximum atomic E-state index is 13.8. The lowest BCUT2D eigenvalue weighted by Gasteiger charge is -2.23. The first-order chi connectivity index (χ1) is 19.0. The van der Waals surface area contributed by atoms with Crippen LogP contribution in [-0.2, 0) is 13.0 Å². The average molecular weight is 521 g/mol. The molecule has 0 radical (unpaired) electrons. The number of pyridine rings is 1. The van der Waals surface area contributed by atoms with Crippen LogP contribution in [0.2, 0.25) is 0 Å². The Morgan fingerprint density at radius 1 is 0.949 bits per heavy atom. The Labute approximate surface area is 227 Å². The van der Waals surface area contributed by atoms with Gasteiger partial charge in [0.05, 0.1) is 12.1 Å². The summed E-state index contributed by atoms with van der Waals surface area (Å²) in [6.07, 6.45) is 3.35. The molecule has 0 spiro atoms. The highest BCUT2D eigenvalue weighted by Gasteiger charge is 2.26. The van der Waals surface area contributed by atoms with Gasteiger partial charge in [-0.3, -0.25) is 10.7 Å². The molecule has 6 rings (SSSR count). The fourth-order valence-corrected chi connectivity index (χ4v) is 5.79. The second-order valence-corrected chi connectivity index (χ2v) is 10.5. The molecule has 1 saturated heterocycles. The van der Waals surface area contributed by atoms with E-state index in [1.165, 1.54) is 22.8 Å². The smallest absolute Gasteiger partial charge is 0.317 e. The van der Waals surface area contributed by atoms with Crippen LogP contribution in [0.3, 0.4) is 0 Å². The zero-order valence-electron chi connectivity index (χ0n) is 22.4. The number of aromatic nitrogens is 5. The molecule has 0 unspecified atom stereocenters. The van der Waals surface area contributed by atoms with E-state index in [-0.39, 0.29) is 11.6 Å². The van der Waals surface area contributed by atoms with E-state index in [4.69, 9.17) is 10.8 Å². The average Bonchev–Trinajstić information content (AvgIpc) is 3.26. The first-order valence-corrected chi connectivity index (χ1v) is 13.6. The minimum Gasteiger partial charge on any atom is -0.317 e. The van der Waals surface area contributed by atoms with Gasteiger partial charge in [-0.05, 0) is 80.9 Å². The third kappa shape index (κ3) is 4.95. The molecule has 1 aliphatic heterocycles. The van der Waals surface area contributed by atoms with Crippen LogP contribution >= 0.6 is 0 Å². The zero-order valence-corrected chi connectivity index (χ0v) is 22.4. The summed E-state index contributed by atoms with van der Waals surface area (Å²) in [4.78, 5) is 21.6. The minimum absolute atomic E-state index is 0.245. The van der Waals surface area contributed by atoms with Gasteiger partial charge in [0.2, 0.25) is 5.65 Å². The molecule has 3 aromatic heterocycles. The maximum Gasteiger partial charge on any atom is 0.411 e. The highest BCUT2D eigenvalue weighted by Crippen LogP contribution is 2.33. The number of fused-ring (bicyclic) bond motifs is 1. The van der Waals surface area contributed by atoms with Gasteiger partial charge in [0.15, 0.2) is 0 Å². The van der Waals surface area contributed by atoms with Crippen LogP contribution in [0.4, 0.5) is 5.95 Å². The first-order valence-electron chi connectivity index (χ1n) is 13.6. The highest BCUT2D eigenvalue weighted by molar-refractivity contribution is 5.88. The number of nitrogens with two attached hydrogens (primary N) is 1. The number of nitrogens with one attached hydrogen (secondary N) is 2. The van der Waals surface area contributed by atoms with Crippen LogP contribution < -0.4 is 21.7 Å². The summed E-state index contributed by atoms with van der Waals surface area (Å²) >= 11 is 0. The van der Waals surface area contributed by atoms with E-state index in [1.807, 2.05) is 62.4 Å². The van der Waals surface area contributed by atoms with Crippen LogP contribution in [0.15, 0.2) is 71.5 Å². The largest absolute Gasteiger partial charge is 0.411 e. The van der Waals surface area contributed by atoms with Crippen molar-refractivity contribution in [2.24, 2.45) is 5.92 Å². The van der Waals surface area contributed by atoms with Crippen molar-refractivity contribution in [1.82, 2.24) is 24.5 Å². The summed E-state index contributed by atoms with van der Waals surface area (Å²) in [6.45, 7) is 6.46. The molecule has 0 amide bonds. The van der Waals surface area contributed by atoms with Gasteiger partial charge in [0.25, 0.3) is 0 Å². The molecule has 198 valence electrons. The van der Waals surface area contributed by atoms with Crippen molar-refractivity contribution < 1.29 is 4.98 Å². The Balaban J connectivity index is 1.51. The van der Waals surface area contributed by atoms with Gasteiger partial charge in [-0.25, -0.2) is 9.78 Å². The van der Waals surface area contributed by atoms with Crippen LogP contribution in [0, 0.1) is 19.8 Å². The maximum absolute atomic E-state index is 13.8. The molecule has 8 nitrogen and oxygen atoms in total. The van der Waals surface area contributed by atoms with Gasteiger partial charge < -0.3 is 5.32 Å². The third-order valence-corrected chi connectivity index (χ3v) is 7.65. The zero-order chi connectivity index (χ0) is 26.9. The number of benzene rings is 2. The quantitative estimate of drug-likeness (QED) is 0.354. The van der Waals surface area contributed by atoms with Crippen molar-refractivity contribution >= 4 is 11.6 Å². The van der Waals surface area contributed by atoms with Crippen molar-refractivity contribution in [2.45, 2.75) is 39.7 Å². The van der Waals surface area contributed by atoms with Crippen LogP contribution in [-0.4, -0.2) is 32.3 Å². The molecule has 39 heavy (non-hydrogen) atoms. The minimum atomic E-state index is -0.265. The van der Waals surface area contributed by atoms with E-state index >= 15 is 0 Å². The summed E-state index contributed by atoms with van der Waals surface area (Å²) in [5.74, 6) is 0.892. The van der Waals surface area contributed by atoms with Crippen LogP contribution in [0.5, 0.6) is 0 Å². The van der Waals surface area contributed by atoms with Gasteiger partial charge >= 0.3 is 11.6 Å². The number of anilines is 1. The fourth-order valence-electron chi connectivity index (χ4n) is 5.79. The fraction of sp³-hybridized carbons (Fsp3) is 0.290. The summed E-state index contributed by atoms with van der Waals surface area (Å²) in [5.41, 5.74) is 14.5. The molecule has 4 N–H and O–H groups in total. The van der Waals surface area contributed by atoms with E-state index < -0.39 is 0 Å². The number of hydrogen-bond donors (Lipinski definition) is 2. The van der Waals surface area contributed by atoms with Gasteiger partial charge in [0, 0.05) is 17.0 Å². The number of hydrogen-bond acceptors (Lipinski definition) is 5.